The predicted molar refractivity (Wildman–Crippen MR) is 73.7 cm³/mol. The van der Waals surface area contributed by atoms with Gasteiger partial charge in [0, 0.05) is 0 Å². The van der Waals surface area contributed by atoms with Crippen molar-refractivity contribution in [3.63, 3.8) is 0 Å². The zero-order valence-electron chi connectivity index (χ0n) is 11.5. The van der Waals surface area contributed by atoms with E-state index >= 15 is 0 Å². The molecule has 20 heavy (non-hydrogen) atoms. The summed E-state index contributed by atoms with van der Waals surface area (Å²) in [6.07, 6.45) is 1.12. The lowest BCUT2D eigenvalue weighted by atomic mass is 10.3. The van der Waals surface area contributed by atoms with Crippen molar-refractivity contribution >= 4 is 0 Å². The van der Waals surface area contributed by atoms with Crippen molar-refractivity contribution in [2.75, 3.05) is 20.3 Å². The molecule has 1 heterocycles. The molecule has 0 spiro atoms. The van der Waals surface area contributed by atoms with E-state index in [1.54, 1.807) is 13.4 Å². The van der Waals surface area contributed by atoms with Crippen LogP contribution in [0.5, 0.6) is 11.5 Å². The third-order valence-corrected chi connectivity index (χ3v) is 2.87. The number of ether oxygens (including phenoxy) is 2. The quantitative estimate of drug-likeness (QED) is 0.749. The van der Waals surface area contributed by atoms with Gasteiger partial charge < -0.3 is 24.3 Å². The van der Waals surface area contributed by atoms with Gasteiger partial charge in [0.1, 0.15) is 37.3 Å². The van der Waals surface area contributed by atoms with Gasteiger partial charge in [0.25, 0.3) is 0 Å². The molecule has 5 nitrogen and oxygen atoms in total. The number of nitrogens with two attached hydrogens (primary N) is 1. The minimum absolute atomic E-state index is 0.265. The van der Waals surface area contributed by atoms with E-state index in [0.29, 0.717) is 13.1 Å². The summed E-state index contributed by atoms with van der Waals surface area (Å²) in [6.45, 7) is 1.55. The average molecular weight is 278 g/mol. The molecular formula is C15H20NO4+. The third-order valence-electron chi connectivity index (χ3n) is 2.87. The van der Waals surface area contributed by atoms with E-state index in [-0.39, 0.29) is 6.61 Å². The van der Waals surface area contributed by atoms with Gasteiger partial charge in [-0.25, -0.2) is 0 Å². The van der Waals surface area contributed by atoms with Crippen LogP contribution in [0, 0.1) is 0 Å². The van der Waals surface area contributed by atoms with Crippen LogP contribution in [-0.4, -0.2) is 31.5 Å². The Labute approximate surface area is 118 Å². The summed E-state index contributed by atoms with van der Waals surface area (Å²) >= 11 is 0. The van der Waals surface area contributed by atoms with Gasteiger partial charge in [-0.2, -0.15) is 0 Å². The molecule has 1 aromatic heterocycles. The number of quaternary nitrogens is 1. The van der Waals surface area contributed by atoms with Gasteiger partial charge >= 0.3 is 0 Å². The lowest BCUT2D eigenvalue weighted by Crippen LogP contribution is -2.85. The standard InChI is InChI=1S/C15H19NO4/c1-18-13-4-6-14(7-5-13)20-11-12(17)9-16-10-15-3-2-8-19-15/h2-8,12,16-17H,9-11H2,1H3/p+1/t12-/m1/s1. The minimum Gasteiger partial charge on any atom is -0.497 e. The number of aliphatic hydroxyl groups is 1. The van der Waals surface area contributed by atoms with Crippen molar-refractivity contribution in [2.45, 2.75) is 12.6 Å². The Bertz CT molecular complexity index is 481. The molecule has 108 valence electrons. The second kappa shape index (κ2) is 7.57. The van der Waals surface area contributed by atoms with Crippen LogP contribution in [0.3, 0.4) is 0 Å². The molecule has 0 unspecified atom stereocenters. The van der Waals surface area contributed by atoms with Crippen LogP contribution in [0.25, 0.3) is 0 Å². The number of benzene rings is 1. The van der Waals surface area contributed by atoms with Crippen LogP contribution in [-0.2, 0) is 6.54 Å². The molecule has 2 rings (SSSR count). The zero-order valence-corrected chi connectivity index (χ0v) is 11.5. The summed E-state index contributed by atoms with van der Waals surface area (Å²) in [7, 11) is 1.62. The Hall–Kier alpha value is -1.98. The SMILES string of the molecule is COc1ccc(OC[C@H](O)C[NH2+]Cc2ccco2)cc1. The van der Waals surface area contributed by atoms with E-state index < -0.39 is 6.10 Å². The minimum atomic E-state index is -0.521. The highest BCUT2D eigenvalue weighted by Gasteiger charge is 2.08. The van der Waals surface area contributed by atoms with Crippen LogP contribution in [0.15, 0.2) is 47.1 Å². The molecule has 0 saturated heterocycles. The van der Waals surface area contributed by atoms with Crippen LogP contribution in [0.4, 0.5) is 0 Å². The second-order valence-electron chi connectivity index (χ2n) is 4.45. The summed E-state index contributed by atoms with van der Waals surface area (Å²) in [5.74, 6) is 2.40. The van der Waals surface area contributed by atoms with E-state index in [1.165, 1.54) is 0 Å². The van der Waals surface area contributed by atoms with Crippen molar-refractivity contribution in [1.29, 1.82) is 0 Å². The molecule has 1 atom stereocenters. The van der Waals surface area contributed by atoms with E-state index in [0.717, 1.165) is 17.3 Å². The maximum atomic E-state index is 9.83. The van der Waals surface area contributed by atoms with Crippen molar-refractivity contribution < 1.29 is 24.3 Å². The van der Waals surface area contributed by atoms with Gasteiger partial charge in [0.05, 0.1) is 13.4 Å². The summed E-state index contributed by atoms with van der Waals surface area (Å²) < 4.78 is 15.8. The molecule has 2 aromatic rings. The summed E-state index contributed by atoms with van der Waals surface area (Å²) in [6, 6.07) is 11.1. The summed E-state index contributed by atoms with van der Waals surface area (Å²) in [5.41, 5.74) is 0. The van der Waals surface area contributed by atoms with Gasteiger partial charge in [0.2, 0.25) is 0 Å². The van der Waals surface area contributed by atoms with E-state index in [1.807, 2.05) is 41.7 Å². The van der Waals surface area contributed by atoms with Gasteiger partial charge in [-0.1, -0.05) is 0 Å². The van der Waals surface area contributed by atoms with E-state index in [4.69, 9.17) is 13.9 Å². The maximum Gasteiger partial charge on any atom is 0.157 e. The molecule has 0 aliphatic carbocycles. The lowest BCUT2D eigenvalue weighted by molar-refractivity contribution is -0.678. The molecule has 0 radical (unpaired) electrons. The maximum absolute atomic E-state index is 9.83. The smallest absolute Gasteiger partial charge is 0.157 e. The number of hydrogen-bond donors (Lipinski definition) is 2. The number of hydrogen-bond acceptors (Lipinski definition) is 4. The van der Waals surface area contributed by atoms with Gasteiger partial charge in [-0.15, -0.1) is 0 Å². The molecule has 3 N–H and O–H groups in total. The van der Waals surface area contributed by atoms with Crippen LogP contribution in [0.2, 0.25) is 0 Å². The molecule has 5 heteroatoms. The first-order chi connectivity index (χ1) is 9.78. The molecule has 0 aliphatic rings. The molecule has 0 aliphatic heterocycles. The topological polar surface area (TPSA) is 68.4 Å². The first-order valence-electron chi connectivity index (χ1n) is 6.57. The lowest BCUT2D eigenvalue weighted by Gasteiger charge is -2.11. The van der Waals surface area contributed by atoms with Gasteiger partial charge in [-0.3, -0.25) is 0 Å². The van der Waals surface area contributed by atoms with Crippen molar-refractivity contribution in [3.05, 3.63) is 48.4 Å². The molecule has 0 amide bonds. The molecule has 0 saturated carbocycles. The summed E-state index contributed by atoms with van der Waals surface area (Å²) in [5, 5.41) is 11.8. The molecule has 1 aromatic carbocycles. The monoisotopic (exact) mass is 278 g/mol. The average Bonchev–Trinajstić information content (AvgIpc) is 2.99. The van der Waals surface area contributed by atoms with Gasteiger partial charge in [0.15, 0.2) is 5.76 Å². The largest absolute Gasteiger partial charge is 0.497 e. The zero-order chi connectivity index (χ0) is 14.2. The highest BCUT2D eigenvalue weighted by atomic mass is 16.5. The number of rotatable bonds is 8. The Morgan fingerprint density at radius 2 is 1.95 bits per heavy atom. The fourth-order valence-corrected chi connectivity index (χ4v) is 1.78. The number of methoxy groups -OCH3 is 1. The van der Waals surface area contributed by atoms with E-state index in [2.05, 4.69) is 0 Å². The fraction of sp³-hybridized carbons (Fsp3) is 0.333. The molecular weight excluding hydrogens is 258 g/mol. The predicted octanol–water partition coefficient (Wildman–Crippen LogP) is 0.791. The van der Waals surface area contributed by atoms with Crippen LogP contribution >= 0.6 is 0 Å². The normalized spacial score (nSPS) is 12.1. The highest BCUT2D eigenvalue weighted by molar-refractivity contribution is 5.31. The highest BCUT2D eigenvalue weighted by Crippen LogP contribution is 2.16. The summed E-state index contributed by atoms with van der Waals surface area (Å²) in [4.78, 5) is 0. The number of furan rings is 1. The third kappa shape index (κ3) is 4.60. The Kier molecular flexibility index (Phi) is 5.46. The van der Waals surface area contributed by atoms with Crippen molar-refractivity contribution in [1.82, 2.24) is 0 Å². The fourth-order valence-electron chi connectivity index (χ4n) is 1.78. The first-order valence-corrected chi connectivity index (χ1v) is 6.57. The Balaban J connectivity index is 1.65. The van der Waals surface area contributed by atoms with Crippen molar-refractivity contribution in [3.8, 4) is 11.5 Å². The molecule has 0 bridgehead atoms. The van der Waals surface area contributed by atoms with E-state index in [9.17, 15) is 5.11 Å². The Morgan fingerprint density at radius 3 is 2.60 bits per heavy atom. The van der Waals surface area contributed by atoms with Crippen LogP contribution < -0.4 is 14.8 Å². The number of aliphatic hydroxyl groups excluding tert-OH is 1. The van der Waals surface area contributed by atoms with Crippen LogP contribution in [0.1, 0.15) is 5.76 Å². The first kappa shape index (κ1) is 14.4. The van der Waals surface area contributed by atoms with Crippen molar-refractivity contribution in [2.24, 2.45) is 0 Å². The molecule has 0 fully saturated rings. The second-order valence-corrected chi connectivity index (χ2v) is 4.45. The Morgan fingerprint density at radius 1 is 1.20 bits per heavy atom. The van der Waals surface area contributed by atoms with Gasteiger partial charge in [-0.05, 0) is 36.4 Å².